The Bertz CT molecular complexity index is 697. The zero-order chi connectivity index (χ0) is 14.1. The van der Waals surface area contributed by atoms with E-state index < -0.39 is 0 Å². The number of hydrogen-bond donors (Lipinski definition) is 0. The smallest absolute Gasteiger partial charge is 0.130 e. The van der Waals surface area contributed by atoms with Crippen molar-refractivity contribution >= 4 is 32.7 Å². The van der Waals surface area contributed by atoms with E-state index in [-0.39, 0.29) is 0 Å². The number of aromatic nitrogens is 1. The molecule has 1 aliphatic heterocycles. The minimum Gasteiger partial charge on any atom is -0.357 e. The van der Waals surface area contributed by atoms with Gasteiger partial charge in [0, 0.05) is 22.9 Å². The molecule has 1 aromatic carbocycles. The van der Waals surface area contributed by atoms with Gasteiger partial charge in [-0.1, -0.05) is 0 Å². The molecule has 2 heterocycles. The monoisotopic (exact) mass is 329 g/mol. The first-order valence-corrected chi connectivity index (χ1v) is 7.74. The third-order valence-corrected chi connectivity index (χ3v) is 4.40. The van der Waals surface area contributed by atoms with Crippen molar-refractivity contribution in [1.82, 2.24) is 4.98 Å². The minimum atomic E-state index is 0.708. The summed E-state index contributed by atoms with van der Waals surface area (Å²) in [5.41, 5.74) is 2.73. The highest BCUT2D eigenvalue weighted by Crippen LogP contribution is 2.30. The van der Waals surface area contributed by atoms with E-state index in [1.807, 2.05) is 19.1 Å². The van der Waals surface area contributed by atoms with Gasteiger partial charge in [0.25, 0.3) is 0 Å². The van der Waals surface area contributed by atoms with Crippen LogP contribution in [0.3, 0.4) is 0 Å². The maximum atomic E-state index is 9.43. The molecule has 0 unspecified atom stereocenters. The number of pyridine rings is 1. The Morgan fingerprint density at radius 3 is 2.65 bits per heavy atom. The summed E-state index contributed by atoms with van der Waals surface area (Å²) in [5.74, 6) is 0.929. The molecule has 3 nitrogen and oxygen atoms in total. The van der Waals surface area contributed by atoms with Crippen LogP contribution in [0.25, 0.3) is 10.9 Å². The lowest BCUT2D eigenvalue weighted by Crippen LogP contribution is -2.30. The summed E-state index contributed by atoms with van der Waals surface area (Å²) in [4.78, 5) is 7.06. The molecule has 0 bridgehead atoms. The summed E-state index contributed by atoms with van der Waals surface area (Å²) < 4.78 is 0.961. The number of aryl methyl sites for hydroxylation is 1. The molecule has 0 aliphatic carbocycles. The fourth-order valence-corrected chi connectivity index (χ4v) is 3.45. The molecular formula is C16H16BrN3. The summed E-state index contributed by atoms with van der Waals surface area (Å²) in [7, 11) is 0. The third-order valence-electron chi connectivity index (χ3n) is 3.80. The Hall–Kier alpha value is -1.60. The highest BCUT2D eigenvalue weighted by molar-refractivity contribution is 9.10. The van der Waals surface area contributed by atoms with Gasteiger partial charge in [0.05, 0.1) is 17.1 Å². The molecule has 1 saturated heterocycles. The normalized spacial score (nSPS) is 15.3. The second-order valence-corrected chi connectivity index (χ2v) is 6.18. The number of hydrogen-bond acceptors (Lipinski definition) is 3. The van der Waals surface area contributed by atoms with Crippen LogP contribution in [0.2, 0.25) is 0 Å². The van der Waals surface area contributed by atoms with Crippen molar-refractivity contribution < 1.29 is 0 Å². The predicted molar refractivity (Wildman–Crippen MR) is 85.0 cm³/mol. The zero-order valence-corrected chi connectivity index (χ0v) is 13.1. The number of fused-ring (bicyclic) bond motifs is 1. The van der Waals surface area contributed by atoms with Crippen LogP contribution < -0.4 is 4.90 Å². The van der Waals surface area contributed by atoms with Gasteiger partial charge in [0.1, 0.15) is 5.82 Å². The molecule has 0 radical (unpaired) electrons. The van der Waals surface area contributed by atoms with Crippen molar-refractivity contribution in [3.8, 4) is 6.07 Å². The number of anilines is 1. The quantitative estimate of drug-likeness (QED) is 0.788. The molecule has 1 fully saturated rings. The van der Waals surface area contributed by atoms with E-state index in [0.29, 0.717) is 5.56 Å². The molecule has 1 aliphatic rings. The topological polar surface area (TPSA) is 39.9 Å². The van der Waals surface area contributed by atoms with Crippen LogP contribution in [-0.2, 0) is 0 Å². The molecule has 2 aromatic rings. The number of benzene rings is 1. The molecule has 3 rings (SSSR count). The average molecular weight is 330 g/mol. The lowest BCUT2D eigenvalue weighted by molar-refractivity contribution is 0.574. The lowest BCUT2D eigenvalue weighted by atomic mass is 10.1. The van der Waals surface area contributed by atoms with Crippen molar-refractivity contribution in [2.45, 2.75) is 26.2 Å². The summed E-state index contributed by atoms with van der Waals surface area (Å²) in [6.07, 6.45) is 3.70. The zero-order valence-electron chi connectivity index (χ0n) is 11.5. The lowest BCUT2D eigenvalue weighted by Gasteiger charge is -2.28. The highest BCUT2D eigenvalue weighted by atomic mass is 79.9. The minimum absolute atomic E-state index is 0.708. The molecule has 0 saturated carbocycles. The molecule has 102 valence electrons. The van der Waals surface area contributed by atoms with E-state index in [1.54, 1.807) is 0 Å². The fraction of sp³-hybridized carbons (Fsp3) is 0.375. The van der Waals surface area contributed by atoms with Crippen LogP contribution in [0.5, 0.6) is 0 Å². The van der Waals surface area contributed by atoms with Gasteiger partial charge < -0.3 is 4.90 Å². The average Bonchev–Trinajstić information content (AvgIpc) is 2.47. The maximum absolute atomic E-state index is 9.43. The van der Waals surface area contributed by atoms with Gasteiger partial charge >= 0.3 is 0 Å². The third kappa shape index (κ3) is 2.38. The predicted octanol–water partition coefficient (Wildman–Crippen LogP) is 4.17. The van der Waals surface area contributed by atoms with Crippen LogP contribution in [-0.4, -0.2) is 18.1 Å². The van der Waals surface area contributed by atoms with Gasteiger partial charge in [-0.2, -0.15) is 5.26 Å². The van der Waals surface area contributed by atoms with E-state index in [0.717, 1.165) is 39.8 Å². The van der Waals surface area contributed by atoms with Crippen molar-refractivity contribution in [3.63, 3.8) is 0 Å². The Morgan fingerprint density at radius 2 is 1.95 bits per heavy atom. The van der Waals surface area contributed by atoms with E-state index in [4.69, 9.17) is 4.98 Å². The van der Waals surface area contributed by atoms with Crippen LogP contribution in [0, 0.1) is 18.3 Å². The number of piperidine rings is 1. The van der Waals surface area contributed by atoms with Gasteiger partial charge in [-0.25, -0.2) is 4.98 Å². The Balaban J connectivity index is 2.18. The molecule has 4 heteroatoms. The van der Waals surface area contributed by atoms with Crippen molar-refractivity contribution in [3.05, 3.63) is 33.8 Å². The van der Waals surface area contributed by atoms with E-state index in [1.165, 1.54) is 19.3 Å². The summed E-state index contributed by atoms with van der Waals surface area (Å²) in [6, 6.07) is 8.33. The first-order chi connectivity index (χ1) is 9.69. The Kier molecular flexibility index (Phi) is 3.62. The van der Waals surface area contributed by atoms with Gasteiger partial charge in [-0.15, -0.1) is 0 Å². The van der Waals surface area contributed by atoms with Crippen LogP contribution >= 0.6 is 15.9 Å². The summed E-state index contributed by atoms with van der Waals surface area (Å²) in [5, 5.41) is 10.4. The number of rotatable bonds is 1. The summed E-state index contributed by atoms with van der Waals surface area (Å²) in [6.45, 7) is 4.10. The van der Waals surface area contributed by atoms with E-state index in [2.05, 4.69) is 33.0 Å². The largest absolute Gasteiger partial charge is 0.357 e. The maximum Gasteiger partial charge on any atom is 0.130 e. The molecular weight excluding hydrogens is 314 g/mol. The molecule has 20 heavy (non-hydrogen) atoms. The van der Waals surface area contributed by atoms with E-state index in [9.17, 15) is 5.26 Å². The van der Waals surface area contributed by atoms with Gasteiger partial charge in [-0.3, -0.25) is 0 Å². The first kappa shape index (κ1) is 13.4. The molecule has 0 atom stereocenters. The number of halogens is 1. The first-order valence-electron chi connectivity index (χ1n) is 6.95. The standard InChI is InChI=1S/C16H16BrN3/c1-11-7-13-12(10-18)9-15(19-16(13)14(17)8-11)20-5-3-2-4-6-20/h7-9H,2-6H2,1H3. The molecule has 0 N–H and O–H groups in total. The SMILES string of the molecule is Cc1cc(Br)c2nc(N3CCCCC3)cc(C#N)c2c1. The van der Waals surface area contributed by atoms with Gasteiger partial charge in [0.15, 0.2) is 0 Å². The molecule has 0 amide bonds. The van der Waals surface area contributed by atoms with Crippen LogP contribution in [0.4, 0.5) is 5.82 Å². The Morgan fingerprint density at radius 1 is 1.20 bits per heavy atom. The van der Waals surface area contributed by atoms with Gasteiger partial charge in [-0.05, 0) is 65.9 Å². The second kappa shape index (κ2) is 5.41. The Labute approximate surface area is 127 Å². The van der Waals surface area contributed by atoms with Gasteiger partial charge in [0.2, 0.25) is 0 Å². The summed E-state index contributed by atoms with van der Waals surface area (Å²) >= 11 is 3.58. The van der Waals surface area contributed by atoms with Crippen molar-refractivity contribution in [2.75, 3.05) is 18.0 Å². The number of nitriles is 1. The number of nitrogens with zero attached hydrogens (tertiary/aromatic N) is 3. The van der Waals surface area contributed by atoms with Crippen molar-refractivity contribution in [2.24, 2.45) is 0 Å². The van der Waals surface area contributed by atoms with Crippen molar-refractivity contribution in [1.29, 1.82) is 5.26 Å². The fourth-order valence-electron chi connectivity index (χ4n) is 2.78. The molecule has 1 aromatic heterocycles. The second-order valence-electron chi connectivity index (χ2n) is 5.33. The van der Waals surface area contributed by atoms with E-state index >= 15 is 0 Å². The van der Waals surface area contributed by atoms with Crippen LogP contribution in [0.15, 0.2) is 22.7 Å². The highest BCUT2D eigenvalue weighted by Gasteiger charge is 2.16. The molecule has 0 spiro atoms. The van der Waals surface area contributed by atoms with Crippen LogP contribution in [0.1, 0.15) is 30.4 Å².